The lowest BCUT2D eigenvalue weighted by Crippen LogP contribution is -2.25. The Hall–Kier alpha value is -3.95. The van der Waals surface area contributed by atoms with E-state index in [9.17, 15) is 13.6 Å². The van der Waals surface area contributed by atoms with Gasteiger partial charge in [-0.2, -0.15) is 0 Å². The number of hydrogen-bond donors (Lipinski definition) is 2. The van der Waals surface area contributed by atoms with Gasteiger partial charge in [-0.05, 0) is 50.2 Å². The van der Waals surface area contributed by atoms with E-state index in [1.54, 1.807) is 18.6 Å². The number of aryl methyl sites for hydroxylation is 1. The number of fused-ring (bicyclic) bond motifs is 1. The number of carboxylic acid groups (broad SMARTS) is 1. The van der Waals surface area contributed by atoms with E-state index in [4.69, 9.17) is 9.84 Å². The van der Waals surface area contributed by atoms with E-state index in [1.807, 2.05) is 13.0 Å². The van der Waals surface area contributed by atoms with Crippen molar-refractivity contribution in [2.75, 3.05) is 0 Å². The summed E-state index contributed by atoms with van der Waals surface area (Å²) >= 11 is 0. The maximum atomic E-state index is 13.5. The number of pyridine rings is 1. The zero-order valence-corrected chi connectivity index (χ0v) is 19.0. The van der Waals surface area contributed by atoms with Crippen LogP contribution in [0.3, 0.4) is 0 Å². The molecule has 0 aliphatic heterocycles. The van der Waals surface area contributed by atoms with Crippen LogP contribution in [-0.2, 0) is 4.79 Å². The number of aliphatic carboxylic acids is 1. The van der Waals surface area contributed by atoms with Crippen LogP contribution in [0.25, 0.3) is 33.7 Å². The van der Waals surface area contributed by atoms with Crippen LogP contribution in [0.4, 0.5) is 8.78 Å². The van der Waals surface area contributed by atoms with E-state index in [-0.39, 0.29) is 24.5 Å². The Morgan fingerprint density at radius 1 is 1.06 bits per heavy atom. The number of hydrogen-bond acceptors (Lipinski definition) is 6. The SMILES string of the molecule is Cc1cc(-c2cnc(OC3CCC(CC(=O)O)CC3)nc2)ncc1-c1nc2cc(F)c(F)cc2[nH]1. The van der Waals surface area contributed by atoms with E-state index in [0.717, 1.165) is 43.4 Å². The number of imidazole rings is 1. The number of ether oxygens (including phenoxy) is 1. The van der Waals surface area contributed by atoms with Crippen LogP contribution < -0.4 is 4.74 Å². The van der Waals surface area contributed by atoms with Crippen LogP contribution in [0.1, 0.15) is 37.7 Å². The fourth-order valence-corrected chi connectivity index (χ4v) is 4.45. The van der Waals surface area contributed by atoms with Crippen LogP contribution in [0.2, 0.25) is 0 Å². The third-order valence-corrected chi connectivity index (χ3v) is 6.34. The lowest BCUT2D eigenvalue weighted by molar-refractivity contribution is -0.138. The first-order chi connectivity index (χ1) is 16.9. The monoisotopic (exact) mass is 479 g/mol. The van der Waals surface area contributed by atoms with Crippen molar-refractivity contribution in [3.8, 4) is 28.7 Å². The van der Waals surface area contributed by atoms with E-state index in [0.29, 0.717) is 33.7 Å². The van der Waals surface area contributed by atoms with Gasteiger partial charge in [0, 0.05) is 48.3 Å². The summed E-state index contributed by atoms with van der Waals surface area (Å²) in [6.07, 6.45) is 8.33. The highest BCUT2D eigenvalue weighted by molar-refractivity contribution is 5.80. The number of halogens is 2. The number of H-pyrrole nitrogens is 1. The molecule has 0 amide bonds. The summed E-state index contributed by atoms with van der Waals surface area (Å²) in [5, 5.41) is 8.94. The van der Waals surface area contributed by atoms with E-state index in [1.165, 1.54) is 0 Å². The standard InChI is InChI=1S/C25H23F2N5O3/c1-13-6-20(28-12-17(13)24-31-21-8-18(26)19(27)9-22(21)32-24)15-10-29-25(30-11-15)35-16-4-2-14(3-5-16)7-23(33)34/h6,8-12,14,16H,2-5,7H2,1H3,(H,31,32)(H,33,34). The maximum Gasteiger partial charge on any atom is 0.316 e. The lowest BCUT2D eigenvalue weighted by Gasteiger charge is -2.27. The Kier molecular flexibility index (Phi) is 6.10. The molecule has 3 heterocycles. The van der Waals surface area contributed by atoms with Crippen molar-refractivity contribution in [2.24, 2.45) is 5.92 Å². The number of nitrogens with zero attached hydrogens (tertiary/aromatic N) is 4. The zero-order valence-electron chi connectivity index (χ0n) is 19.0. The summed E-state index contributed by atoms with van der Waals surface area (Å²) in [6, 6.07) is 4.29. The lowest BCUT2D eigenvalue weighted by atomic mass is 9.85. The van der Waals surface area contributed by atoms with Crippen LogP contribution in [0.5, 0.6) is 6.01 Å². The molecule has 35 heavy (non-hydrogen) atoms. The zero-order chi connectivity index (χ0) is 24.5. The van der Waals surface area contributed by atoms with Crippen LogP contribution in [0.15, 0.2) is 36.8 Å². The average Bonchev–Trinajstić information content (AvgIpc) is 3.23. The van der Waals surface area contributed by atoms with Crippen molar-refractivity contribution >= 4 is 17.0 Å². The van der Waals surface area contributed by atoms with E-state index >= 15 is 0 Å². The molecule has 10 heteroatoms. The molecule has 0 saturated heterocycles. The topological polar surface area (TPSA) is 114 Å². The first-order valence-electron chi connectivity index (χ1n) is 11.4. The van der Waals surface area contributed by atoms with Gasteiger partial charge in [0.05, 0.1) is 16.7 Å². The highest BCUT2D eigenvalue weighted by Gasteiger charge is 2.24. The molecule has 0 unspecified atom stereocenters. The normalized spacial score (nSPS) is 18.0. The van der Waals surface area contributed by atoms with Crippen molar-refractivity contribution in [3.05, 3.63) is 54.0 Å². The minimum absolute atomic E-state index is 0.0173. The van der Waals surface area contributed by atoms with Gasteiger partial charge < -0.3 is 14.8 Å². The van der Waals surface area contributed by atoms with Crippen LogP contribution in [0, 0.1) is 24.5 Å². The highest BCUT2D eigenvalue weighted by Crippen LogP contribution is 2.30. The second kappa shape index (κ2) is 9.36. The molecule has 1 fully saturated rings. The molecule has 0 atom stereocenters. The van der Waals surface area contributed by atoms with E-state index < -0.39 is 17.6 Å². The van der Waals surface area contributed by atoms with Crippen molar-refractivity contribution in [1.29, 1.82) is 0 Å². The molecule has 3 aromatic heterocycles. The Morgan fingerprint density at radius 2 is 1.77 bits per heavy atom. The molecule has 1 aliphatic carbocycles. The number of aromatic amines is 1. The number of carboxylic acids is 1. The highest BCUT2D eigenvalue weighted by atomic mass is 19.2. The second-order valence-electron chi connectivity index (χ2n) is 8.87. The molecule has 1 saturated carbocycles. The van der Waals surface area contributed by atoms with E-state index in [2.05, 4.69) is 24.9 Å². The number of carbonyl (C=O) groups is 1. The minimum atomic E-state index is -0.945. The van der Waals surface area contributed by atoms with Gasteiger partial charge in [0.15, 0.2) is 11.6 Å². The average molecular weight is 479 g/mol. The van der Waals surface area contributed by atoms with Gasteiger partial charge >= 0.3 is 12.0 Å². The summed E-state index contributed by atoms with van der Waals surface area (Å²) in [6.45, 7) is 1.90. The second-order valence-corrected chi connectivity index (χ2v) is 8.87. The summed E-state index contributed by atoms with van der Waals surface area (Å²) in [5.41, 5.74) is 3.70. The summed E-state index contributed by atoms with van der Waals surface area (Å²) in [5.74, 6) is -1.96. The molecule has 8 nitrogen and oxygen atoms in total. The molecule has 1 aliphatic rings. The smallest absolute Gasteiger partial charge is 0.316 e. The third kappa shape index (κ3) is 4.96. The van der Waals surface area contributed by atoms with Gasteiger partial charge in [-0.25, -0.2) is 23.7 Å². The van der Waals surface area contributed by atoms with Gasteiger partial charge in [0.25, 0.3) is 0 Å². The van der Waals surface area contributed by atoms with Crippen molar-refractivity contribution in [2.45, 2.75) is 45.1 Å². The molecule has 0 spiro atoms. The number of rotatable bonds is 6. The largest absolute Gasteiger partial charge is 0.481 e. The van der Waals surface area contributed by atoms with Gasteiger partial charge in [0.2, 0.25) is 0 Å². The predicted molar refractivity (Wildman–Crippen MR) is 124 cm³/mol. The number of aromatic nitrogens is 5. The Labute approximate surface area is 199 Å². The minimum Gasteiger partial charge on any atom is -0.481 e. The predicted octanol–water partition coefficient (Wildman–Crippen LogP) is 5.08. The molecule has 0 radical (unpaired) electrons. The fraction of sp³-hybridized carbons (Fsp3) is 0.320. The van der Waals surface area contributed by atoms with Gasteiger partial charge in [-0.3, -0.25) is 9.78 Å². The Morgan fingerprint density at radius 3 is 2.46 bits per heavy atom. The molecular formula is C25H23F2N5O3. The Balaban J connectivity index is 1.27. The molecular weight excluding hydrogens is 456 g/mol. The maximum absolute atomic E-state index is 13.5. The molecule has 180 valence electrons. The van der Waals surface area contributed by atoms with Gasteiger partial charge in [-0.1, -0.05) is 0 Å². The summed E-state index contributed by atoms with van der Waals surface area (Å²) in [4.78, 5) is 31.4. The van der Waals surface area contributed by atoms with Crippen molar-refractivity contribution in [1.82, 2.24) is 24.9 Å². The first kappa shape index (κ1) is 22.8. The molecule has 0 bridgehead atoms. The van der Waals surface area contributed by atoms with Crippen molar-refractivity contribution in [3.63, 3.8) is 0 Å². The molecule has 1 aromatic carbocycles. The van der Waals surface area contributed by atoms with Crippen LogP contribution in [-0.4, -0.2) is 42.1 Å². The fourth-order valence-electron chi connectivity index (χ4n) is 4.45. The van der Waals surface area contributed by atoms with Gasteiger partial charge in [0.1, 0.15) is 11.9 Å². The first-order valence-corrected chi connectivity index (χ1v) is 11.4. The third-order valence-electron chi connectivity index (χ3n) is 6.34. The van der Waals surface area contributed by atoms with Gasteiger partial charge in [-0.15, -0.1) is 0 Å². The Bertz CT molecular complexity index is 1340. The van der Waals surface area contributed by atoms with Crippen molar-refractivity contribution < 1.29 is 23.4 Å². The molecule has 2 N–H and O–H groups in total. The summed E-state index contributed by atoms with van der Waals surface area (Å²) < 4.78 is 32.9. The summed E-state index contributed by atoms with van der Waals surface area (Å²) in [7, 11) is 0. The molecule has 5 rings (SSSR count). The molecule has 4 aromatic rings. The number of benzene rings is 1. The van der Waals surface area contributed by atoms with Crippen LogP contribution >= 0.6 is 0 Å². The number of nitrogens with one attached hydrogen (secondary N) is 1. The quantitative estimate of drug-likeness (QED) is 0.396.